The monoisotopic (exact) mass is 252 g/mol. The van der Waals surface area contributed by atoms with Gasteiger partial charge in [0.2, 0.25) is 0 Å². The molecule has 0 saturated carbocycles. The number of nitrogens with one attached hydrogen (secondary N) is 1. The van der Waals surface area contributed by atoms with Crippen molar-refractivity contribution >= 4 is 11.6 Å². The predicted molar refractivity (Wildman–Crippen MR) is 73.4 cm³/mol. The predicted octanol–water partition coefficient (Wildman–Crippen LogP) is 2.77. The normalized spacial score (nSPS) is 20.9. The summed E-state index contributed by atoms with van der Waals surface area (Å²) in [5.41, 5.74) is 1.31. The lowest BCUT2D eigenvalue weighted by atomic mass is 10.1. The Kier molecular flexibility index (Phi) is 4.84. The van der Waals surface area contributed by atoms with E-state index in [9.17, 15) is 0 Å². The molecular formula is C14H21ClN2. The van der Waals surface area contributed by atoms with Gasteiger partial charge in [-0.05, 0) is 49.7 Å². The first-order valence-corrected chi connectivity index (χ1v) is 6.83. The Bertz CT molecular complexity index is 337. The van der Waals surface area contributed by atoms with Crippen LogP contribution in [0.3, 0.4) is 0 Å². The molecule has 17 heavy (non-hydrogen) atoms. The molecule has 1 aromatic rings. The van der Waals surface area contributed by atoms with E-state index in [1.807, 2.05) is 12.1 Å². The zero-order valence-electron chi connectivity index (χ0n) is 10.5. The fourth-order valence-corrected chi connectivity index (χ4v) is 2.52. The van der Waals surface area contributed by atoms with Gasteiger partial charge >= 0.3 is 0 Å². The van der Waals surface area contributed by atoms with Crippen molar-refractivity contribution in [1.82, 2.24) is 10.2 Å². The van der Waals surface area contributed by atoms with E-state index in [0.29, 0.717) is 0 Å². The van der Waals surface area contributed by atoms with Crippen LogP contribution in [0.1, 0.15) is 18.9 Å². The summed E-state index contributed by atoms with van der Waals surface area (Å²) in [5, 5.41) is 4.35. The van der Waals surface area contributed by atoms with Crippen LogP contribution in [0.5, 0.6) is 0 Å². The fraction of sp³-hybridized carbons (Fsp3) is 0.571. The number of rotatable bonds is 5. The van der Waals surface area contributed by atoms with Gasteiger partial charge in [-0.3, -0.25) is 0 Å². The highest BCUT2D eigenvalue weighted by molar-refractivity contribution is 6.30. The highest BCUT2D eigenvalue weighted by atomic mass is 35.5. The minimum absolute atomic E-state index is 0.808. The molecular weight excluding hydrogens is 232 g/mol. The van der Waals surface area contributed by atoms with Gasteiger partial charge in [-0.1, -0.05) is 30.7 Å². The molecule has 1 atom stereocenters. The molecule has 0 bridgehead atoms. The van der Waals surface area contributed by atoms with Crippen molar-refractivity contribution in [1.29, 1.82) is 0 Å². The van der Waals surface area contributed by atoms with Gasteiger partial charge in [-0.2, -0.15) is 0 Å². The lowest BCUT2D eigenvalue weighted by molar-refractivity contribution is 0.339. The quantitative estimate of drug-likeness (QED) is 0.867. The molecule has 1 aromatic carbocycles. The van der Waals surface area contributed by atoms with E-state index in [2.05, 4.69) is 29.3 Å². The van der Waals surface area contributed by atoms with Gasteiger partial charge < -0.3 is 10.2 Å². The SMILES string of the molecule is CCN1CCC(CNCc2ccc(Cl)cc2)C1. The molecule has 1 saturated heterocycles. The molecule has 0 amide bonds. The van der Waals surface area contributed by atoms with E-state index in [-0.39, 0.29) is 0 Å². The number of hydrogen-bond donors (Lipinski definition) is 1. The van der Waals surface area contributed by atoms with E-state index in [0.717, 1.165) is 24.0 Å². The average molecular weight is 253 g/mol. The standard InChI is InChI=1S/C14H21ClN2/c1-2-17-8-7-13(11-17)10-16-9-12-3-5-14(15)6-4-12/h3-6,13,16H,2,7-11H2,1H3. The van der Waals surface area contributed by atoms with Gasteiger partial charge in [0.05, 0.1) is 0 Å². The van der Waals surface area contributed by atoms with Crippen LogP contribution in [-0.2, 0) is 6.54 Å². The summed E-state index contributed by atoms with van der Waals surface area (Å²) in [6.45, 7) is 8.02. The molecule has 0 aromatic heterocycles. The Balaban J connectivity index is 1.68. The Labute approximate surface area is 109 Å². The van der Waals surface area contributed by atoms with Crippen molar-refractivity contribution in [3.8, 4) is 0 Å². The van der Waals surface area contributed by atoms with Crippen molar-refractivity contribution in [2.75, 3.05) is 26.2 Å². The molecule has 3 heteroatoms. The first-order valence-electron chi connectivity index (χ1n) is 6.45. The van der Waals surface area contributed by atoms with Gasteiger partial charge in [-0.25, -0.2) is 0 Å². The van der Waals surface area contributed by atoms with Gasteiger partial charge in [0.1, 0.15) is 0 Å². The van der Waals surface area contributed by atoms with Gasteiger partial charge in [-0.15, -0.1) is 0 Å². The third-order valence-electron chi connectivity index (χ3n) is 3.49. The second-order valence-electron chi connectivity index (χ2n) is 4.81. The fourth-order valence-electron chi connectivity index (χ4n) is 2.39. The smallest absolute Gasteiger partial charge is 0.0406 e. The summed E-state index contributed by atoms with van der Waals surface area (Å²) < 4.78 is 0. The molecule has 1 N–H and O–H groups in total. The van der Waals surface area contributed by atoms with E-state index in [1.165, 1.54) is 31.6 Å². The summed E-state index contributed by atoms with van der Waals surface area (Å²) in [6, 6.07) is 8.07. The maximum atomic E-state index is 5.86. The third-order valence-corrected chi connectivity index (χ3v) is 3.74. The molecule has 1 aliphatic heterocycles. The highest BCUT2D eigenvalue weighted by Gasteiger charge is 2.20. The van der Waals surface area contributed by atoms with Crippen molar-refractivity contribution in [2.45, 2.75) is 19.9 Å². The van der Waals surface area contributed by atoms with E-state index < -0.39 is 0 Å². The molecule has 0 spiro atoms. The first-order chi connectivity index (χ1) is 8.28. The highest BCUT2D eigenvalue weighted by Crippen LogP contribution is 2.15. The van der Waals surface area contributed by atoms with Crippen LogP contribution in [0, 0.1) is 5.92 Å². The van der Waals surface area contributed by atoms with Gasteiger partial charge in [0.25, 0.3) is 0 Å². The Hall–Kier alpha value is -0.570. The topological polar surface area (TPSA) is 15.3 Å². The minimum atomic E-state index is 0.808. The van der Waals surface area contributed by atoms with Crippen molar-refractivity contribution in [2.24, 2.45) is 5.92 Å². The molecule has 1 aliphatic rings. The Morgan fingerprint density at radius 2 is 2.12 bits per heavy atom. The number of hydrogen-bond acceptors (Lipinski definition) is 2. The molecule has 1 heterocycles. The number of likely N-dealkylation sites (tertiary alicyclic amines) is 1. The van der Waals surface area contributed by atoms with Crippen molar-refractivity contribution in [3.05, 3.63) is 34.9 Å². The van der Waals surface area contributed by atoms with Crippen LogP contribution in [0.4, 0.5) is 0 Å². The summed E-state index contributed by atoms with van der Waals surface area (Å²) in [7, 11) is 0. The second kappa shape index (κ2) is 6.39. The number of halogens is 1. The molecule has 94 valence electrons. The minimum Gasteiger partial charge on any atom is -0.312 e. The maximum absolute atomic E-state index is 5.86. The Morgan fingerprint density at radius 3 is 2.76 bits per heavy atom. The molecule has 0 radical (unpaired) electrons. The van der Waals surface area contributed by atoms with Crippen LogP contribution in [-0.4, -0.2) is 31.1 Å². The summed E-state index contributed by atoms with van der Waals surface area (Å²) in [4.78, 5) is 2.52. The van der Waals surface area contributed by atoms with E-state index >= 15 is 0 Å². The molecule has 2 rings (SSSR count). The van der Waals surface area contributed by atoms with Crippen molar-refractivity contribution in [3.63, 3.8) is 0 Å². The Morgan fingerprint density at radius 1 is 1.35 bits per heavy atom. The zero-order valence-corrected chi connectivity index (χ0v) is 11.2. The zero-order chi connectivity index (χ0) is 12.1. The lowest BCUT2D eigenvalue weighted by Crippen LogP contribution is -2.26. The lowest BCUT2D eigenvalue weighted by Gasteiger charge is -2.13. The van der Waals surface area contributed by atoms with Gasteiger partial charge in [0, 0.05) is 18.1 Å². The average Bonchev–Trinajstić information content (AvgIpc) is 2.80. The van der Waals surface area contributed by atoms with Crippen molar-refractivity contribution < 1.29 is 0 Å². The van der Waals surface area contributed by atoms with E-state index in [1.54, 1.807) is 0 Å². The summed E-state index contributed by atoms with van der Waals surface area (Å²) >= 11 is 5.86. The van der Waals surface area contributed by atoms with Crippen LogP contribution < -0.4 is 5.32 Å². The molecule has 0 aliphatic carbocycles. The summed E-state index contributed by atoms with van der Waals surface area (Å²) in [6.07, 6.45) is 1.33. The van der Waals surface area contributed by atoms with Crippen LogP contribution >= 0.6 is 11.6 Å². The summed E-state index contributed by atoms with van der Waals surface area (Å²) in [5.74, 6) is 0.822. The molecule has 2 nitrogen and oxygen atoms in total. The number of nitrogens with zero attached hydrogens (tertiary/aromatic N) is 1. The largest absolute Gasteiger partial charge is 0.312 e. The molecule has 1 fully saturated rings. The second-order valence-corrected chi connectivity index (χ2v) is 5.24. The first kappa shape index (κ1) is 12.9. The molecule has 1 unspecified atom stereocenters. The number of benzene rings is 1. The van der Waals surface area contributed by atoms with Crippen LogP contribution in [0.2, 0.25) is 5.02 Å². The van der Waals surface area contributed by atoms with Crippen LogP contribution in [0.15, 0.2) is 24.3 Å². The van der Waals surface area contributed by atoms with E-state index in [4.69, 9.17) is 11.6 Å². The maximum Gasteiger partial charge on any atom is 0.0406 e. The van der Waals surface area contributed by atoms with Gasteiger partial charge in [0.15, 0.2) is 0 Å². The van der Waals surface area contributed by atoms with Crippen LogP contribution in [0.25, 0.3) is 0 Å². The third kappa shape index (κ3) is 3.98.